The molecule has 18 heavy (non-hydrogen) atoms. The normalized spacial score (nSPS) is 10.4. The van der Waals surface area contributed by atoms with Crippen LogP contribution in [0.15, 0.2) is 12.1 Å². The van der Waals surface area contributed by atoms with Crippen molar-refractivity contribution >= 4 is 26.2 Å². The molecular weight excluding hydrogens is 303 g/mol. The predicted octanol–water partition coefficient (Wildman–Crippen LogP) is 2.49. The summed E-state index contributed by atoms with van der Waals surface area (Å²) in [6, 6.07) is 2.87. The first-order chi connectivity index (χ1) is 8.60. The largest absolute Gasteiger partial charge is 0.392 e. The Balaban J connectivity index is 2.91. The third kappa shape index (κ3) is 4.04. The topological polar surface area (TPSA) is 65.3 Å². The van der Waals surface area contributed by atoms with Gasteiger partial charge in [0.2, 0.25) is 0 Å². The van der Waals surface area contributed by atoms with E-state index in [1.807, 2.05) is 0 Å². The molecule has 3 N–H and O–H groups in total. The van der Waals surface area contributed by atoms with Gasteiger partial charge < -0.3 is 15.2 Å². The lowest BCUT2D eigenvalue weighted by Crippen LogP contribution is -2.10. The van der Waals surface area contributed by atoms with Gasteiger partial charge in [-0.2, -0.15) is 0 Å². The highest BCUT2D eigenvalue weighted by Gasteiger charge is 2.13. The lowest BCUT2D eigenvalue weighted by Gasteiger charge is -2.13. The summed E-state index contributed by atoms with van der Waals surface area (Å²) >= 11 is 2.97. The summed E-state index contributed by atoms with van der Waals surface area (Å²) in [6.45, 7) is 0.977. The highest BCUT2D eigenvalue weighted by Crippen LogP contribution is 2.24. The number of nitrogens with one attached hydrogen (secondary N) is 2. The number of anilines is 1. The molecule has 0 heterocycles. The molecule has 0 radical (unpaired) electrons. The van der Waals surface area contributed by atoms with E-state index in [-0.39, 0.29) is 16.8 Å². The number of aliphatic hydroxyl groups is 1. The number of methoxy groups -OCH3 is 1. The first kappa shape index (κ1) is 15.1. The second-order valence-electron chi connectivity index (χ2n) is 3.75. The van der Waals surface area contributed by atoms with E-state index in [1.54, 1.807) is 13.2 Å². The minimum atomic E-state index is -0.530. The molecule has 0 saturated carbocycles. The maximum atomic E-state index is 13.8. The van der Waals surface area contributed by atoms with Gasteiger partial charge in [-0.15, -0.1) is 0 Å². The van der Waals surface area contributed by atoms with Crippen LogP contribution in [0.25, 0.3) is 0 Å². The van der Waals surface area contributed by atoms with Crippen LogP contribution >= 0.6 is 15.9 Å². The van der Waals surface area contributed by atoms with Gasteiger partial charge >= 0.3 is 0 Å². The Morgan fingerprint density at radius 2 is 2.28 bits per heavy atom. The summed E-state index contributed by atoms with van der Waals surface area (Å²) in [7, 11) is 1.62. The number of hydrogen-bond donors (Lipinski definition) is 3. The summed E-state index contributed by atoms with van der Waals surface area (Å²) in [6.07, 6.45) is 0.774. The van der Waals surface area contributed by atoms with E-state index < -0.39 is 5.82 Å². The number of halogens is 2. The molecule has 0 aliphatic heterocycles. The molecule has 100 valence electrons. The van der Waals surface area contributed by atoms with E-state index in [0.717, 1.165) is 6.42 Å². The highest BCUT2D eigenvalue weighted by molar-refractivity contribution is 9.18. The molecule has 1 aromatic carbocycles. The van der Waals surface area contributed by atoms with Gasteiger partial charge in [-0.05, 0) is 40.0 Å². The minimum Gasteiger partial charge on any atom is -0.392 e. The van der Waals surface area contributed by atoms with E-state index in [2.05, 4.69) is 21.2 Å². The van der Waals surface area contributed by atoms with Crippen LogP contribution in [0.4, 0.5) is 10.1 Å². The lowest BCUT2D eigenvalue weighted by molar-refractivity contribution is 0.198. The standard InChI is InChI=1S/C12H16BrFN2O2/c1-18-4-2-3-16-10-6-8(7-17)5-9(14)11(10)12(13)15/h5-6,15-17H,2-4,7H2,1H3. The zero-order valence-electron chi connectivity index (χ0n) is 10.1. The Morgan fingerprint density at radius 1 is 1.56 bits per heavy atom. The molecule has 0 aliphatic carbocycles. The van der Waals surface area contributed by atoms with Gasteiger partial charge in [0.1, 0.15) is 10.4 Å². The van der Waals surface area contributed by atoms with E-state index in [9.17, 15) is 4.39 Å². The minimum absolute atomic E-state index is 0.0290. The second kappa shape index (κ2) is 7.45. The van der Waals surface area contributed by atoms with Gasteiger partial charge in [0, 0.05) is 25.9 Å². The van der Waals surface area contributed by atoms with Gasteiger partial charge in [-0.25, -0.2) is 4.39 Å². The zero-order valence-corrected chi connectivity index (χ0v) is 11.7. The third-order valence-corrected chi connectivity index (χ3v) is 2.79. The molecule has 0 bridgehead atoms. The van der Waals surface area contributed by atoms with Crippen LogP contribution in [0.3, 0.4) is 0 Å². The zero-order chi connectivity index (χ0) is 13.5. The van der Waals surface area contributed by atoms with E-state index in [1.165, 1.54) is 6.07 Å². The number of ether oxygens (including phenoxy) is 1. The Bertz CT molecular complexity index is 427. The molecule has 0 atom stereocenters. The van der Waals surface area contributed by atoms with E-state index in [4.69, 9.17) is 15.3 Å². The lowest BCUT2D eigenvalue weighted by atomic mass is 10.1. The van der Waals surface area contributed by atoms with Crippen molar-refractivity contribution in [3.63, 3.8) is 0 Å². The number of rotatable bonds is 7. The van der Waals surface area contributed by atoms with Crippen LogP contribution in [0.5, 0.6) is 0 Å². The molecule has 0 spiro atoms. The Morgan fingerprint density at radius 3 is 2.83 bits per heavy atom. The summed E-state index contributed by atoms with van der Waals surface area (Å²) in [5.41, 5.74) is 1.14. The maximum absolute atomic E-state index is 13.8. The molecule has 0 aliphatic rings. The molecule has 4 nitrogen and oxygen atoms in total. The summed E-state index contributed by atoms with van der Waals surface area (Å²) in [5, 5.41) is 19.6. The van der Waals surface area contributed by atoms with Crippen LogP contribution in [0, 0.1) is 11.2 Å². The Kier molecular flexibility index (Phi) is 6.24. The molecule has 1 aromatic rings. The van der Waals surface area contributed by atoms with Crippen molar-refractivity contribution in [1.29, 1.82) is 5.41 Å². The Hall–Kier alpha value is -0.980. The number of aliphatic hydroxyl groups excluding tert-OH is 1. The molecular formula is C12H16BrFN2O2. The summed E-state index contributed by atoms with van der Waals surface area (Å²) < 4.78 is 18.7. The SMILES string of the molecule is COCCCNc1cc(CO)cc(F)c1C(=N)Br. The van der Waals surface area contributed by atoms with Gasteiger partial charge in [0.15, 0.2) is 0 Å². The van der Waals surface area contributed by atoms with Gasteiger partial charge in [-0.1, -0.05) is 0 Å². The molecule has 6 heteroatoms. The highest BCUT2D eigenvalue weighted by atomic mass is 79.9. The molecule has 0 aromatic heterocycles. The van der Waals surface area contributed by atoms with Crippen molar-refractivity contribution in [1.82, 2.24) is 0 Å². The van der Waals surface area contributed by atoms with Crippen molar-refractivity contribution < 1.29 is 14.2 Å². The average Bonchev–Trinajstić information content (AvgIpc) is 2.33. The van der Waals surface area contributed by atoms with Gasteiger partial charge in [-0.3, -0.25) is 5.41 Å². The van der Waals surface area contributed by atoms with Gasteiger partial charge in [0.25, 0.3) is 0 Å². The van der Waals surface area contributed by atoms with Crippen LogP contribution < -0.4 is 5.32 Å². The van der Waals surface area contributed by atoms with E-state index >= 15 is 0 Å². The van der Waals surface area contributed by atoms with Crippen LogP contribution in [-0.2, 0) is 11.3 Å². The van der Waals surface area contributed by atoms with Crippen molar-refractivity contribution in [2.45, 2.75) is 13.0 Å². The third-order valence-electron chi connectivity index (χ3n) is 2.39. The van der Waals surface area contributed by atoms with E-state index in [0.29, 0.717) is 24.4 Å². The average molecular weight is 319 g/mol. The number of benzene rings is 1. The fourth-order valence-electron chi connectivity index (χ4n) is 1.56. The summed E-state index contributed by atoms with van der Waals surface area (Å²) in [5.74, 6) is -0.530. The maximum Gasteiger partial charge on any atom is 0.135 e. The number of hydrogen-bond acceptors (Lipinski definition) is 4. The van der Waals surface area contributed by atoms with Gasteiger partial charge in [0.05, 0.1) is 12.2 Å². The Labute approximate surface area is 114 Å². The fourth-order valence-corrected chi connectivity index (χ4v) is 1.96. The smallest absolute Gasteiger partial charge is 0.135 e. The van der Waals surface area contributed by atoms with Crippen LogP contribution in [0.1, 0.15) is 17.5 Å². The molecule has 0 amide bonds. The molecule has 0 saturated heterocycles. The first-order valence-corrected chi connectivity index (χ1v) is 6.30. The van der Waals surface area contributed by atoms with Crippen molar-refractivity contribution in [2.24, 2.45) is 0 Å². The molecule has 0 fully saturated rings. The van der Waals surface area contributed by atoms with Crippen LogP contribution in [-0.4, -0.2) is 30.0 Å². The second-order valence-corrected chi connectivity index (χ2v) is 4.54. The summed E-state index contributed by atoms with van der Waals surface area (Å²) in [4.78, 5) is 0. The fraction of sp³-hybridized carbons (Fsp3) is 0.417. The molecule has 0 unspecified atom stereocenters. The van der Waals surface area contributed by atoms with Crippen molar-refractivity contribution in [2.75, 3.05) is 25.6 Å². The van der Waals surface area contributed by atoms with Crippen LogP contribution in [0.2, 0.25) is 0 Å². The van der Waals surface area contributed by atoms with Crippen molar-refractivity contribution in [3.05, 3.63) is 29.1 Å². The monoisotopic (exact) mass is 318 g/mol. The predicted molar refractivity (Wildman–Crippen MR) is 73.1 cm³/mol. The quantitative estimate of drug-likeness (QED) is 0.534. The first-order valence-electron chi connectivity index (χ1n) is 5.50. The van der Waals surface area contributed by atoms with Crippen molar-refractivity contribution in [3.8, 4) is 0 Å². The molecule has 1 rings (SSSR count).